The zero-order valence-corrected chi connectivity index (χ0v) is 8.52. The largest absolute Gasteiger partial charge is 0.363 e. The Hall–Kier alpha value is -0.830. The minimum absolute atomic E-state index is 0.00755. The van der Waals surface area contributed by atoms with Crippen molar-refractivity contribution in [1.29, 1.82) is 0 Å². The van der Waals surface area contributed by atoms with Crippen molar-refractivity contribution in [3.05, 3.63) is 24.1 Å². The van der Waals surface area contributed by atoms with Crippen molar-refractivity contribution in [2.75, 3.05) is 11.2 Å². The average molecular weight is 215 g/mol. The van der Waals surface area contributed by atoms with Gasteiger partial charge in [-0.2, -0.15) is 0 Å². The molecule has 0 unspecified atom stereocenters. The second kappa shape index (κ2) is 3.73. The van der Waals surface area contributed by atoms with E-state index in [9.17, 15) is 4.39 Å². The van der Waals surface area contributed by atoms with Crippen LogP contribution in [0.2, 0.25) is 0 Å². The Kier molecular flexibility index (Phi) is 2.59. The van der Waals surface area contributed by atoms with E-state index in [1.807, 2.05) is 0 Å². The monoisotopic (exact) mass is 214 g/mol. The van der Waals surface area contributed by atoms with Gasteiger partial charge in [0.2, 0.25) is 0 Å². The van der Waals surface area contributed by atoms with E-state index < -0.39 is 0 Å². The molecule has 1 saturated carbocycles. The average Bonchev–Trinajstić information content (AvgIpc) is 2.15. The second-order valence-corrected chi connectivity index (χ2v) is 4.02. The molecule has 0 aliphatic heterocycles. The Morgan fingerprint density at radius 1 is 1.50 bits per heavy atom. The highest BCUT2D eigenvalue weighted by molar-refractivity contribution is 6.19. The molecule has 2 nitrogen and oxygen atoms in total. The Morgan fingerprint density at radius 3 is 2.71 bits per heavy atom. The molecule has 1 N–H and O–H groups in total. The maximum absolute atomic E-state index is 12.6. The Labute approximate surface area is 87.5 Å². The third kappa shape index (κ3) is 1.82. The van der Waals surface area contributed by atoms with Crippen molar-refractivity contribution < 1.29 is 4.39 Å². The summed E-state index contributed by atoms with van der Waals surface area (Å²) in [5, 5.41) is 3.26. The summed E-state index contributed by atoms with van der Waals surface area (Å²) in [5.74, 6) is 0.960. The van der Waals surface area contributed by atoms with Gasteiger partial charge in [0, 0.05) is 5.88 Å². The lowest BCUT2D eigenvalue weighted by molar-refractivity contribution is 0.310. The number of hydrogen-bond acceptors (Lipinski definition) is 2. The smallest absolute Gasteiger partial charge is 0.141 e. The first-order valence-corrected chi connectivity index (χ1v) is 5.23. The number of hydrogen-bond donors (Lipinski definition) is 1. The van der Waals surface area contributed by atoms with Crippen LogP contribution in [0.25, 0.3) is 0 Å². The van der Waals surface area contributed by atoms with Gasteiger partial charge < -0.3 is 5.32 Å². The standard InChI is InChI=1S/C10H12ClFN2/c11-7-10(4-1-5-10)14-9-3-2-8(12)6-13-9/h2-3,6H,1,4-5,7H2,(H,13,14). The quantitative estimate of drug-likeness (QED) is 0.783. The first kappa shape index (κ1) is 9.71. The van der Waals surface area contributed by atoms with E-state index in [0.717, 1.165) is 12.8 Å². The summed E-state index contributed by atoms with van der Waals surface area (Å²) in [7, 11) is 0. The minimum atomic E-state index is -0.316. The van der Waals surface area contributed by atoms with Crippen molar-refractivity contribution in [3.63, 3.8) is 0 Å². The molecule has 0 saturated heterocycles. The third-order valence-electron chi connectivity index (χ3n) is 2.69. The number of nitrogens with one attached hydrogen (secondary N) is 1. The van der Waals surface area contributed by atoms with Crippen LogP contribution in [0.3, 0.4) is 0 Å². The predicted molar refractivity (Wildman–Crippen MR) is 55.1 cm³/mol. The molecule has 2 rings (SSSR count). The van der Waals surface area contributed by atoms with Gasteiger partial charge in [-0.3, -0.25) is 0 Å². The predicted octanol–water partition coefficient (Wildman–Crippen LogP) is 2.79. The van der Waals surface area contributed by atoms with Gasteiger partial charge in [0.05, 0.1) is 11.7 Å². The fourth-order valence-corrected chi connectivity index (χ4v) is 1.95. The molecule has 76 valence electrons. The number of anilines is 1. The van der Waals surface area contributed by atoms with Crippen LogP contribution in [0.15, 0.2) is 18.3 Å². The lowest BCUT2D eigenvalue weighted by Crippen LogP contribution is -2.47. The van der Waals surface area contributed by atoms with Crippen LogP contribution in [0.1, 0.15) is 19.3 Å². The van der Waals surface area contributed by atoms with Gasteiger partial charge in [-0.1, -0.05) is 0 Å². The van der Waals surface area contributed by atoms with E-state index in [2.05, 4.69) is 10.3 Å². The number of halogens is 2. The summed E-state index contributed by atoms with van der Waals surface area (Å²) in [6.07, 6.45) is 4.54. The number of aromatic nitrogens is 1. The van der Waals surface area contributed by atoms with E-state index in [1.54, 1.807) is 6.07 Å². The van der Waals surface area contributed by atoms with Crippen molar-refractivity contribution in [3.8, 4) is 0 Å². The minimum Gasteiger partial charge on any atom is -0.363 e. The molecule has 1 fully saturated rings. The first-order valence-electron chi connectivity index (χ1n) is 4.70. The molecule has 1 aliphatic rings. The van der Waals surface area contributed by atoms with Crippen LogP contribution in [0.4, 0.5) is 10.2 Å². The zero-order valence-electron chi connectivity index (χ0n) is 7.76. The summed E-state index contributed by atoms with van der Waals surface area (Å²) >= 11 is 5.88. The van der Waals surface area contributed by atoms with Gasteiger partial charge in [0.1, 0.15) is 11.6 Å². The topological polar surface area (TPSA) is 24.9 Å². The maximum Gasteiger partial charge on any atom is 0.141 e. The van der Waals surface area contributed by atoms with E-state index in [4.69, 9.17) is 11.6 Å². The molecule has 0 radical (unpaired) electrons. The summed E-state index contributed by atoms with van der Waals surface area (Å²) in [6.45, 7) is 0. The maximum atomic E-state index is 12.6. The molecular formula is C10H12ClFN2. The summed E-state index contributed by atoms with van der Waals surface area (Å²) in [4.78, 5) is 3.95. The number of pyridine rings is 1. The van der Waals surface area contributed by atoms with E-state index in [0.29, 0.717) is 11.7 Å². The van der Waals surface area contributed by atoms with Crippen molar-refractivity contribution in [2.24, 2.45) is 0 Å². The van der Waals surface area contributed by atoms with Crippen molar-refractivity contribution in [2.45, 2.75) is 24.8 Å². The fraction of sp³-hybridized carbons (Fsp3) is 0.500. The number of alkyl halides is 1. The molecule has 0 bridgehead atoms. The van der Waals surface area contributed by atoms with Crippen LogP contribution < -0.4 is 5.32 Å². The van der Waals surface area contributed by atoms with Gasteiger partial charge in [0.25, 0.3) is 0 Å². The highest BCUT2D eigenvalue weighted by Gasteiger charge is 2.36. The number of nitrogens with zero attached hydrogens (tertiary/aromatic N) is 1. The van der Waals surface area contributed by atoms with E-state index >= 15 is 0 Å². The molecule has 1 aromatic heterocycles. The highest BCUT2D eigenvalue weighted by atomic mass is 35.5. The van der Waals surface area contributed by atoms with Gasteiger partial charge in [-0.25, -0.2) is 9.37 Å². The molecular weight excluding hydrogens is 203 g/mol. The molecule has 0 aromatic carbocycles. The molecule has 1 aromatic rings. The Morgan fingerprint density at radius 2 is 2.29 bits per heavy atom. The molecule has 4 heteroatoms. The lowest BCUT2D eigenvalue weighted by atomic mass is 9.78. The van der Waals surface area contributed by atoms with Crippen LogP contribution in [0.5, 0.6) is 0 Å². The zero-order chi connectivity index (χ0) is 10.0. The fourth-order valence-electron chi connectivity index (χ4n) is 1.62. The van der Waals surface area contributed by atoms with E-state index in [1.165, 1.54) is 18.7 Å². The van der Waals surface area contributed by atoms with Gasteiger partial charge in [-0.05, 0) is 31.4 Å². The summed E-state index contributed by atoms with van der Waals surface area (Å²) in [5.41, 5.74) is -0.00755. The molecule has 0 atom stereocenters. The normalized spacial score (nSPS) is 18.7. The van der Waals surface area contributed by atoms with Crippen LogP contribution in [0, 0.1) is 5.82 Å². The van der Waals surface area contributed by atoms with Crippen molar-refractivity contribution in [1.82, 2.24) is 4.98 Å². The third-order valence-corrected chi connectivity index (χ3v) is 3.20. The van der Waals surface area contributed by atoms with Crippen molar-refractivity contribution >= 4 is 17.4 Å². The van der Waals surface area contributed by atoms with Gasteiger partial charge >= 0.3 is 0 Å². The highest BCUT2D eigenvalue weighted by Crippen LogP contribution is 2.35. The van der Waals surface area contributed by atoms with Gasteiger partial charge in [-0.15, -0.1) is 11.6 Å². The SMILES string of the molecule is Fc1ccc(NC2(CCl)CCC2)nc1. The summed E-state index contributed by atoms with van der Waals surface area (Å²) < 4.78 is 12.6. The first-order chi connectivity index (χ1) is 6.74. The Bertz CT molecular complexity index is 303. The summed E-state index contributed by atoms with van der Waals surface area (Å²) in [6, 6.07) is 3.04. The second-order valence-electron chi connectivity index (χ2n) is 3.75. The molecule has 1 aliphatic carbocycles. The lowest BCUT2D eigenvalue weighted by Gasteiger charge is -2.41. The number of rotatable bonds is 3. The van der Waals surface area contributed by atoms with Crippen LogP contribution in [-0.2, 0) is 0 Å². The van der Waals surface area contributed by atoms with E-state index in [-0.39, 0.29) is 11.4 Å². The van der Waals surface area contributed by atoms with Gasteiger partial charge in [0.15, 0.2) is 0 Å². The molecule has 14 heavy (non-hydrogen) atoms. The van der Waals surface area contributed by atoms with Crippen LogP contribution in [-0.4, -0.2) is 16.4 Å². The molecule has 0 spiro atoms. The molecule has 1 heterocycles. The molecule has 0 amide bonds. The van der Waals surface area contributed by atoms with Crippen LogP contribution >= 0.6 is 11.6 Å². The Balaban J connectivity index is 2.06.